The number of nitrogens with one attached hydrogen (secondary N) is 1. The number of carbonyl (C=O) groups is 1. The van der Waals surface area contributed by atoms with E-state index in [4.69, 9.17) is 4.74 Å². The zero-order chi connectivity index (χ0) is 13.7. The Bertz CT molecular complexity index is 573. The van der Waals surface area contributed by atoms with Gasteiger partial charge in [0.15, 0.2) is 0 Å². The van der Waals surface area contributed by atoms with Crippen LogP contribution in [0.25, 0.3) is 0 Å². The molecule has 1 N–H and O–H groups in total. The summed E-state index contributed by atoms with van der Waals surface area (Å²) in [6.45, 7) is 0.436. The van der Waals surface area contributed by atoms with E-state index in [1.165, 1.54) is 0 Å². The van der Waals surface area contributed by atoms with Gasteiger partial charge in [-0.1, -0.05) is 22.0 Å². The summed E-state index contributed by atoms with van der Waals surface area (Å²) in [5.74, 6) is 0.367. The van der Waals surface area contributed by atoms with Crippen molar-refractivity contribution < 1.29 is 9.53 Å². The van der Waals surface area contributed by atoms with E-state index in [1.54, 1.807) is 31.6 Å². The van der Waals surface area contributed by atoms with Crippen molar-refractivity contribution in [2.24, 2.45) is 0 Å². The molecule has 0 spiro atoms. The molecule has 19 heavy (non-hydrogen) atoms. The molecule has 98 valence electrons. The van der Waals surface area contributed by atoms with Crippen LogP contribution in [0.4, 0.5) is 0 Å². The third-order valence-corrected chi connectivity index (χ3v) is 3.08. The van der Waals surface area contributed by atoms with Crippen LogP contribution >= 0.6 is 15.9 Å². The fraction of sp³-hybridized carbons (Fsp3) is 0.143. The largest absolute Gasteiger partial charge is 0.496 e. The number of methoxy groups -OCH3 is 1. The Morgan fingerprint density at radius 2 is 2.26 bits per heavy atom. The fourth-order valence-corrected chi connectivity index (χ4v) is 1.97. The van der Waals surface area contributed by atoms with Crippen LogP contribution in [0.1, 0.15) is 15.9 Å². The third-order valence-electron chi connectivity index (χ3n) is 2.58. The third kappa shape index (κ3) is 3.54. The van der Waals surface area contributed by atoms with Crippen LogP contribution in [0.3, 0.4) is 0 Å². The maximum Gasteiger partial charge on any atom is 0.255 e. The highest BCUT2D eigenvalue weighted by atomic mass is 79.9. The van der Waals surface area contributed by atoms with Crippen molar-refractivity contribution in [2.45, 2.75) is 6.54 Å². The number of rotatable bonds is 4. The highest BCUT2D eigenvalue weighted by Crippen LogP contribution is 2.23. The van der Waals surface area contributed by atoms with Crippen LogP contribution in [0, 0.1) is 0 Å². The number of carbonyl (C=O) groups excluding carboxylic acids is 1. The minimum absolute atomic E-state index is 0.173. The zero-order valence-corrected chi connectivity index (χ0v) is 12.0. The number of hydrogen-bond donors (Lipinski definition) is 1. The number of nitrogens with zero attached hydrogens (tertiary/aromatic N) is 1. The van der Waals surface area contributed by atoms with Crippen LogP contribution in [-0.4, -0.2) is 18.0 Å². The number of pyridine rings is 1. The van der Waals surface area contributed by atoms with Gasteiger partial charge < -0.3 is 10.1 Å². The number of ether oxygens (including phenoxy) is 1. The van der Waals surface area contributed by atoms with Gasteiger partial charge in [0.05, 0.1) is 12.7 Å². The molecule has 0 aliphatic heterocycles. The SMILES string of the molecule is COc1cc(Br)ccc1C(=O)NCc1cccnc1. The minimum Gasteiger partial charge on any atom is -0.496 e. The van der Waals surface area contributed by atoms with Crippen LogP contribution in [0.2, 0.25) is 0 Å². The summed E-state index contributed by atoms with van der Waals surface area (Å²) in [6, 6.07) is 9.04. The quantitative estimate of drug-likeness (QED) is 0.942. The standard InChI is InChI=1S/C14H13BrN2O2/c1-19-13-7-11(15)4-5-12(13)14(18)17-9-10-3-2-6-16-8-10/h2-8H,9H2,1H3,(H,17,18). The Kier molecular flexibility index (Phi) is 4.52. The Morgan fingerprint density at radius 3 is 2.95 bits per heavy atom. The van der Waals surface area contributed by atoms with Crippen molar-refractivity contribution in [1.82, 2.24) is 10.3 Å². The Labute approximate surface area is 119 Å². The molecule has 0 bridgehead atoms. The molecule has 0 fully saturated rings. The van der Waals surface area contributed by atoms with Crippen LogP contribution in [0.5, 0.6) is 5.75 Å². The molecule has 0 saturated carbocycles. The van der Waals surface area contributed by atoms with E-state index in [0.717, 1.165) is 10.0 Å². The summed E-state index contributed by atoms with van der Waals surface area (Å²) in [7, 11) is 1.54. The molecule has 0 saturated heterocycles. The predicted molar refractivity (Wildman–Crippen MR) is 76.1 cm³/mol. The van der Waals surface area contributed by atoms with Gasteiger partial charge in [-0.3, -0.25) is 9.78 Å². The lowest BCUT2D eigenvalue weighted by Gasteiger charge is -2.09. The molecule has 0 radical (unpaired) electrons. The predicted octanol–water partition coefficient (Wildman–Crippen LogP) is 2.78. The fourth-order valence-electron chi connectivity index (χ4n) is 1.63. The van der Waals surface area contributed by atoms with Gasteiger partial charge in [-0.05, 0) is 29.8 Å². The number of aromatic nitrogens is 1. The first-order valence-electron chi connectivity index (χ1n) is 5.71. The van der Waals surface area contributed by atoms with E-state index < -0.39 is 0 Å². The summed E-state index contributed by atoms with van der Waals surface area (Å²) in [5, 5.41) is 2.84. The maximum absolute atomic E-state index is 12.1. The van der Waals surface area contributed by atoms with Crippen molar-refractivity contribution in [3.8, 4) is 5.75 Å². The van der Waals surface area contributed by atoms with Gasteiger partial charge in [-0.15, -0.1) is 0 Å². The molecule has 2 rings (SSSR count). The van der Waals surface area contributed by atoms with Crippen molar-refractivity contribution in [3.05, 3.63) is 58.3 Å². The van der Waals surface area contributed by atoms with Gasteiger partial charge in [-0.25, -0.2) is 0 Å². The second kappa shape index (κ2) is 6.33. The van der Waals surface area contributed by atoms with Crippen LogP contribution in [-0.2, 0) is 6.54 Å². The van der Waals surface area contributed by atoms with Gasteiger partial charge in [0.25, 0.3) is 5.91 Å². The molecule has 4 nitrogen and oxygen atoms in total. The van der Waals surface area contributed by atoms with Gasteiger partial charge in [0, 0.05) is 23.4 Å². The Hall–Kier alpha value is -1.88. The highest BCUT2D eigenvalue weighted by molar-refractivity contribution is 9.10. The first kappa shape index (κ1) is 13.5. The highest BCUT2D eigenvalue weighted by Gasteiger charge is 2.12. The summed E-state index contributed by atoms with van der Waals surface area (Å²) in [6.07, 6.45) is 3.42. The normalized spacial score (nSPS) is 10.0. The van der Waals surface area contributed by atoms with Gasteiger partial charge in [0.1, 0.15) is 5.75 Å². The van der Waals surface area contributed by atoms with Gasteiger partial charge in [0.2, 0.25) is 0 Å². The van der Waals surface area contributed by atoms with E-state index >= 15 is 0 Å². The summed E-state index contributed by atoms with van der Waals surface area (Å²) in [5.41, 5.74) is 1.46. The molecule has 0 aliphatic rings. The van der Waals surface area contributed by atoms with E-state index in [1.807, 2.05) is 18.2 Å². The van der Waals surface area contributed by atoms with Crippen molar-refractivity contribution in [1.29, 1.82) is 0 Å². The summed E-state index contributed by atoms with van der Waals surface area (Å²) < 4.78 is 6.06. The second-order valence-corrected chi connectivity index (χ2v) is 4.80. The first-order valence-corrected chi connectivity index (χ1v) is 6.50. The van der Waals surface area contributed by atoms with Crippen LogP contribution in [0.15, 0.2) is 47.2 Å². The van der Waals surface area contributed by atoms with E-state index in [2.05, 4.69) is 26.2 Å². The van der Waals surface area contributed by atoms with Crippen molar-refractivity contribution >= 4 is 21.8 Å². The number of benzene rings is 1. The minimum atomic E-state index is -0.173. The number of halogens is 1. The van der Waals surface area contributed by atoms with Crippen molar-refractivity contribution in [2.75, 3.05) is 7.11 Å². The molecule has 5 heteroatoms. The molecule has 0 aliphatic carbocycles. The van der Waals surface area contributed by atoms with Gasteiger partial charge in [-0.2, -0.15) is 0 Å². The first-order chi connectivity index (χ1) is 9.20. The molecule has 2 aromatic rings. The van der Waals surface area contributed by atoms with E-state index in [-0.39, 0.29) is 5.91 Å². The average molecular weight is 321 g/mol. The van der Waals surface area contributed by atoms with Crippen molar-refractivity contribution in [3.63, 3.8) is 0 Å². The lowest BCUT2D eigenvalue weighted by atomic mass is 10.2. The molecule has 0 unspecified atom stereocenters. The van der Waals surface area contributed by atoms with Crippen LogP contribution < -0.4 is 10.1 Å². The lowest BCUT2D eigenvalue weighted by Crippen LogP contribution is -2.23. The molecular weight excluding hydrogens is 308 g/mol. The molecule has 1 aromatic heterocycles. The van der Waals surface area contributed by atoms with E-state index in [0.29, 0.717) is 17.9 Å². The summed E-state index contributed by atoms with van der Waals surface area (Å²) in [4.78, 5) is 16.1. The number of amides is 1. The Balaban J connectivity index is 2.08. The van der Waals surface area contributed by atoms with E-state index in [9.17, 15) is 4.79 Å². The number of hydrogen-bond acceptors (Lipinski definition) is 3. The lowest BCUT2D eigenvalue weighted by molar-refractivity contribution is 0.0948. The molecule has 1 aromatic carbocycles. The molecule has 1 amide bonds. The smallest absolute Gasteiger partial charge is 0.255 e. The Morgan fingerprint density at radius 1 is 1.42 bits per heavy atom. The maximum atomic E-state index is 12.1. The molecular formula is C14H13BrN2O2. The molecule has 1 heterocycles. The second-order valence-electron chi connectivity index (χ2n) is 3.89. The average Bonchev–Trinajstić information content (AvgIpc) is 2.45. The molecule has 0 atom stereocenters. The monoisotopic (exact) mass is 320 g/mol. The van der Waals surface area contributed by atoms with Gasteiger partial charge >= 0.3 is 0 Å². The summed E-state index contributed by atoms with van der Waals surface area (Å²) >= 11 is 3.34. The topological polar surface area (TPSA) is 51.2 Å². The zero-order valence-electron chi connectivity index (χ0n) is 10.4.